The van der Waals surface area contributed by atoms with Gasteiger partial charge in [0, 0.05) is 36.2 Å². The van der Waals surface area contributed by atoms with Gasteiger partial charge in [0.15, 0.2) is 0 Å². The second-order valence-corrected chi connectivity index (χ2v) is 8.59. The molecular formula is C17H15Cl2FN2O3S. The lowest BCUT2D eigenvalue weighted by molar-refractivity contribution is 0.0693. The number of hydrogen-bond donors (Lipinski definition) is 0. The van der Waals surface area contributed by atoms with Crippen molar-refractivity contribution in [1.29, 1.82) is 0 Å². The fraction of sp³-hybridized carbons (Fsp3) is 0.235. The molecule has 0 radical (unpaired) electrons. The Morgan fingerprint density at radius 3 is 2.08 bits per heavy atom. The number of sulfonamides is 1. The third-order valence-corrected chi connectivity index (χ3v) is 6.54. The molecular weight excluding hydrogens is 402 g/mol. The highest BCUT2D eigenvalue weighted by molar-refractivity contribution is 7.89. The van der Waals surface area contributed by atoms with Gasteiger partial charge in [-0.3, -0.25) is 4.79 Å². The van der Waals surface area contributed by atoms with Gasteiger partial charge >= 0.3 is 0 Å². The van der Waals surface area contributed by atoms with Crippen molar-refractivity contribution in [3.63, 3.8) is 0 Å². The Morgan fingerprint density at radius 1 is 0.923 bits per heavy atom. The summed E-state index contributed by atoms with van der Waals surface area (Å²) in [6.07, 6.45) is 0. The van der Waals surface area contributed by atoms with E-state index >= 15 is 0 Å². The van der Waals surface area contributed by atoms with E-state index in [1.165, 1.54) is 45.6 Å². The van der Waals surface area contributed by atoms with Crippen LogP contribution in [-0.2, 0) is 10.0 Å². The Bertz CT molecular complexity index is 928. The van der Waals surface area contributed by atoms with Crippen molar-refractivity contribution in [2.45, 2.75) is 4.90 Å². The Kier molecular flexibility index (Phi) is 5.53. The maximum atomic E-state index is 13.9. The molecule has 0 N–H and O–H groups in total. The van der Waals surface area contributed by atoms with Gasteiger partial charge in [-0.1, -0.05) is 23.2 Å². The van der Waals surface area contributed by atoms with Gasteiger partial charge in [-0.25, -0.2) is 12.8 Å². The van der Waals surface area contributed by atoms with Crippen LogP contribution in [0.15, 0.2) is 47.4 Å². The number of nitrogens with zero attached hydrogens (tertiary/aromatic N) is 2. The summed E-state index contributed by atoms with van der Waals surface area (Å²) in [5, 5.41) is 0.655. The maximum absolute atomic E-state index is 13.9. The molecule has 1 amide bonds. The van der Waals surface area contributed by atoms with E-state index in [2.05, 4.69) is 0 Å². The summed E-state index contributed by atoms with van der Waals surface area (Å²) in [7, 11) is -3.66. The minimum absolute atomic E-state index is 0.0802. The number of hydrogen-bond acceptors (Lipinski definition) is 3. The molecule has 5 nitrogen and oxygen atoms in total. The fourth-order valence-electron chi connectivity index (χ4n) is 2.72. The summed E-state index contributed by atoms with van der Waals surface area (Å²) in [5.74, 6) is -1.18. The molecule has 0 aliphatic carbocycles. The molecule has 2 aromatic rings. The molecule has 0 bridgehead atoms. The van der Waals surface area contributed by atoms with Crippen LogP contribution >= 0.6 is 23.2 Å². The lowest BCUT2D eigenvalue weighted by atomic mass is 10.1. The summed E-state index contributed by atoms with van der Waals surface area (Å²) >= 11 is 11.5. The van der Waals surface area contributed by atoms with E-state index in [9.17, 15) is 17.6 Å². The van der Waals surface area contributed by atoms with Gasteiger partial charge in [-0.15, -0.1) is 0 Å². The highest BCUT2D eigenvalue weighted by atomic mass is 35.5. The standard InChI is InChI=1S/C17H15Cl2FN2O3S/c18-12-1-4-14(5-2-12)26(24,25)22-9-7-21(8-10-22)17(23)15-6-3-13(19)11-16(15)20/h1-6,11H,7-10H2. The lowest BCUT2D eigenvalue weighted by Crippen LogP contribution is -2.50. The number of piperazine rings is 1. The van der Waals surface area contributed by atoms with E-state index in [1.54, 1.807) is 0 Å². The predicted molar refractivity (Wildman–Crippen MR) is 97.5 cm³/mol. The SMILES string of the molecule is O=C(c1ccc(Cl)cc1F)N1CCN(S(=O)(=O)c2ccc(Cl)cc2)CC1. The lowest BCUT2D eigenvalue weighted by Gasteiger charge is -2.34. The number of halogens is 3. The molecule has 3 rings (SSSR count). The smallest absolute Gasteiger partial charge is 0.256 e. The molecule has 0 aromatic heterocycles. The molecule has 0 atom stereocenters. The van der Waals surface area contributed by atoms with Crippen LogP contribution in [0.2, 0.25) is 10.0 Å². The van der Waals surface area contributed by atoms with Gasteiger partial charge < -0.3 is 4.90 Å². The molecule has 1 aliphatic rings. The van der Waals surface area contributed by atoms with E-state index < -0.39 is 21.7 Å². The summed E-state index contributed by atoms with van der Waals surface area (Å²) < 4.78 is 40.5. The van der Waals surface area contributed by atoms with Gasteiger partial charge in [0.1, 0.15) is 5.82 Å². The second-order valence-electron chi connectivity index (χ2n) is 5.77. The average Bonchev–Trinajstić information content (AvgIpc) is 2.62. The molecule has 1 fully saturated rings. The van der Waals surface area contributed by atoms with Gasteiger partial charge in [0.2, 0.25) is 10.0 Å². The van der Waals surface area contributed by atoms with Crippen LogP contribution in [0.5, 0.6) is 0 Å². The largest absolute Gasteiger partial charge is 0.336 e. The quantitative estimate of drug-likeness (QED) is 0.771. The van der Waals surface area contributed by atoms with Crippen LogP contribution in [0.4, 0.5) is 4.39 Å². The van der Waals surface area contributed by atoms with Crippen molar-refractivity contribution in [2.75, 3.05) is 26.2 Å². The maximum Gasteiger partial charge on any atom is 0.256 e. The number of amides is 1. The Balaban J connectivity index is 1.70. The first-order valence-corrected chi connectivity index (χ1v) is 9.99. The summed E-state index contributed by atoms with van der Waals surface area (Å²) in [6.45, 7) is 0.610. The van der Waals surface area contributed by atoms with Crippen LogP contribution in [0.3, 0.4) is 0 Å². The summed E-state index contributed by atoms with van der Waals surface area (Å²) in [4.78, 5) is 14.0. The molecule has 1 heterocycles. The monoisotopic (exact) mass is 416 g/mol. The van der Waals surface area contributed by atoms with Crippen LogP contribution in [0.25, 0.3) is 0 Å². The minimum atomic E-state index is -3.66. The highest BCUT2D eigenvalue weighted by Crippen LogP contribution is 2.21. The van der Waals surface area contributed by atoms with Crippen LogP contribution in [-0.4, -0.2) is 49.7 Å². The Morgan fingerprint density at radius 2 is 1.50 bits per heavy atom. The fourth-order valence-corrected chi connectivity index (χ4v) is 4.43. The van der Waals surface area contributed by atoms with Crippen molar-refractivity contribution < 1.29 is 17.6 Å². The van der Waals surface area contributed by atoms with Crippen molar-refractivity contribution in [2.24, 2.45) is 0 Å². The molecule has 0 saturated carbocycles. The predicted octanol–water partition coefficient (Wildman–Crippen LogP) is 3.28. The third kappa shape index (κ3) is 3.86. The topological polar surface area (TPSA) is 57.7 Å². The molecule has 138 valence electrons. The zero-order valence-corrected chi connectivity index (χ0v) is 15.9. The van der Waals surface area contributed by atoms with E-state index in [4.69, 9.17) is 23.2 Å². The molecule has 2 aromatic carbocycles. The second kappa shape index (κ2) is 7.52. The minimum Gasteiger partial charge on any atom is -0.336 e. The van der Waals surface area contributed by atoms with Gasteiger partial charge in [0.25, 0.3) is 5.91 Å². The molecule has 1 aliphatic heterocycles. The number of benzene rings is 2. The first kappa shape index (κ1) is 19.1. The average molecular weight is 417 g/mol. The van der Waals surface area contributed by atoms with Crippen LogP contribution in [0, 0.1) is 5.82 Å². The van der Waals surface area contributed by atoms with E-state index in [0.717, 1.165) is 6.07 Å². The summed E-state index contributed by atoms with van der Waals surface area (Å²) in [5.41, 5.74) is -0.0802. The molecule has 0 spiro atoms. The number of carbonyl (C=O) groups excluding carboxylic acids is 1. The molecule has 26 heavy (non-hydrogen) atoms. The highest BCUT2D eigenvalue weighted by Gasteiger charge is 2.31. The normalized spacial score (nSPS) is 15.9. The van der Waals surface area contributed by atoms with Crippen molar-refractivity contribution >= 4 is 39.1 Å². The Labute approximate surface area is 161 Å². The Hall–Kier alpha value is -1.67. The number of rotatable bonds is 3. The van der Waals surface area contributed by atoms with Gasteiger partial charge in [0.05, 0.1) is 10.5 Å². The first-order chi connectivity index (χ1) is 12.3. The van der Waals surface area contributed by atoms with E-state index in [0.29, 0.717) is 5.02 Å². The van der Waals surface area contributed by atoms with Crippen LogP contribution < -0.4 is 0 Å². The number of carbonyl (C=O) groups is 1. The zero-order valence-electron chi connectivity index (χ0n) is 13.5. The van der Waals surface area contributed by atoms with E-state index in [-0.39, 0.29) is 41.7 Å². The van der Waals surface area contributed by atoms with Crippen molar-refractivity contribution in [1.82, 2.24) is 9.21 Å². The zero-order chi connectivity index (χ0) is 18.9. The van der Waals surface area contributed by atoms with Gasteiger partial charge in [-0.2, -0.15) is 4.31 Å². The first-order valence-electron chi connectivity index (χ1n) is 7.79. The van der Waals surface area contributed by atoms with Crippen molar-refractivity contribution in [3.8, 4) is 0 Å². The molecule has 1 saturated heterocycles. The summed E-state index contributed by atoms with van der Waals surface area (Å²) in [6, 6.07) is 9.76. The third-order valence-electron chi connectivity index (χ3n) is 4.14. The van der Waals surface area contributed by atoms with Crippen LogP contribution in [0.1, 0.15) is 10.4 Å². The van der Waals surface area contributed by atoms with Gasteiger partial charge in [-0.05, 0) is 42.5 Å². The molecule has 0 unspecified atom stereocenters. The van der Waals surface area contributed by atoms with Crippen molar-refractivity contribution in [3.05, 3.63) is 63.9 Å². The van der Waals surface area contributed by atoms with E-state index in [1.807, 2.05) is 0 Å². The molecule has 9 heteroatoms.